The first-order valence-corrected chi connectivity index (χ1v) is 10.0. The highest BCUT2D eigenvalue weighted by Gasteiger charge is 2.24. The zero-order valence-electron chi connectivity index (χ0n) is 16.6. The van der Waals surface area contributed by atoms with Crippen molar-refractivity contribution in [1.29, 1.82) is 0 Å². The molecule has 2 heterocycles. The largest absolute Gasteiger partial charge is 0.497 e. The van der Waals surface area contributed by atoms with Gasteiger partial charge in [0.2, 0.25) is 0 Å². The fraction of sp³-hybridized carbons (Fsp3) is 0.304. The van der Waals surface area contributed by atoms with Gasteiger partial charge in [0.25, 0.3) is 5.91 Å². The molecule has 1 amide bonds. The van der Waals surface area contributed by atoms with E-state index in [-0.39, 0.29) is 11.9 Å². The van der Waals surface area contributed by atoms with Crippen molar-refractivity contribution in [3.05, 3.63) is 78.4 Å². The van der Waals surface area contributed by atoms with Crippen LogP contribution in [0, 0.1) is 0 Å². The molecule has 1 N–H and O–H groups in total. The summed E-state index contributed by atoms with van der Waals surface area (Å²) in [6.07, 6.45) is 5.68. The summed E-state index contributed by atoms with van der Waals surface area (Å²) in [6, 6.07) is 18.0. The molecule has 1 unspecified atom stereocenters. The van der Waals surface area contributed by atoms with Crippen molar-refractivity contribution in [3.8, 4) is 11.4 Å². The van der Waals surface area contributed by atoms with Crippen molar-refractivity contribution in [2.24, 2.45) is 0 Å². The summed E-state index contributed by atoms with van der Waals surface area (Å²) < 4.78 is 7.10. The quantitative estimate of drug-likeness (QED) is 0.671. The number of carbonyl (C=O) groups excluding carboxylic acids is 1. The molecule has 6 nitrogen and oxygen atoms in total. The maximum Gasteiger partial charge on any atom is 0.269 e. The first-order chi connectivity index (χ1) is 14.3. The SMILES string of the molecule is COc1ccc(C(CNC(=O)c2cncn2-c2ccccc2)N2CCCC2)cc1. The molecule has 0 saturated carbocycles. The van der Waals surface area contributed by atoms with Crippen LogP contribution in [-0.2, 0) is 0 Å². The molecule has 0 bridgehead atoms. The Kier molecular flexibility index (Phi) is 5.91. The number of carbonyl (C=O) groups is 1. The van der Waals surface area contributed by atoms with E-state index in [1.54, 1.807) is 19.6 Å². The fourth-order valence-corrected chi connectivity index (χ4v) is 3.87. The van der Waals surface area contributed by atoms with Crippen LogP contribution in [0.1, 0.15) is 34.9 Å². The van der Waals surface area contributed by atoms with E-state index in [1.807, 2.05) is 47.0 Å². The van der Waals surface area contributed by atoms with Gasteiger partial charge in [-0.3, -0.25) is 14.3 Å². The van der Waals surface area contributed by atoms with Crippen LogP contribution in [-0.4, -0.2) is 47.1 Å². The van der Waals surface area contributed by atoms with Gasteiger partial charge < -0.3 is 10.1 Å². The summed E-state index contributed by atoms with van der Waals surface area (Å²) in [7, 11) is 1.67. The second-order valence-electron chi connectivity index (χ2n) is 7.23. The van der Waals surface area contributed by atoms with Gasteiger partial charge in [-0.2, -0.15) is 0 Å². The molecule has 4 rings (SSSR count). The van der Waals surface area contributed by atoms with E-state index < -0.39 is 0 Å². The molecule has 1 aromatic heterocycles. The second kappa shape index (κ2) is 8.92. The zero-order valence-corrected chi connectivity index (χ0v) is 16.6. The van der Waals surface area contributed by atoms with E-state index in [9.17, 15) is 4.79 Å². The van der Waals surface area contributed by atoms with Crippen molar-refractivity contribution in [2.45, 2.75) is 18.9 Å². The highest BCUT2D eigenvalue weighted by molar-refractivity contribution is 5.93. The highest BCUT2D eigenvalue weighted by Crippen LogP contribution is 2.26. The third-order valence-corrected chi connectivity index (χ3v) is 5.44. The third-order valence-electron chi connectivity index (χ3n) is 5.44. The molecule has 3 aromatic rings. The lowest BCUT2D eigenvalue weighted by Gasteiger charge is -2.28. The number of likely N-dealkylation sites (tertiary alicyclic amines) is 1. The molecule has 0 radical (unpaired) electrons. The number of amides is 1. The van der Waals surface area contributed by atoms with E-state index in [2.05, 4.69) is 27.3 Å². The van der Waals surface area contributed by atoms with Gasteiger partial charge >= 0.3 is 0 Å². The lowest BCUT2D eigenvalue weighted by molar-refractivity contribution is 0.0931. The minimum absolute atomic E-state index is 0.121. The van der Waals surface area contributed by atoms with Gasteiger partial charge in [0.05, 0.1) is 25.7 Å². The Bertz CT molecular complexity index is 931. The smallest absolute Gasteiger partial charge is 0.269 e. The summed E-state index contributed by atoms with van der Waals surface area (Å²) in [5, 5.41) is 3.13. The maximum absolute atomic E-state index is 12.9. The molecule has 6 heteroatoms. The summed E-state index contributed by atoms with van der Waals surface area (Å²) in [5.41, 5.74) is 2.64. The Morgan fingerprint density at radius 1 is 1.10 bits per heavy atom. The molecule has 1 fully saturated rings. The zero-order chi connectivity index (χ0) is 20.1. The molecular weight excluding hydrogens is 364 g/mol. The van der Waals surface area contributed by atoms with Crippen molar-refractivity contribution in [3.63, 3.8) is 0 Å². The number of rotatable bonds is 7. The van der Waals surface area contributed by atoms with Crippen LogP contribution in [0.3, 0.4) is 0 Å². The Balaban J connectivity index is 1.50. The number of methoxy groups -OCH3 is 1. The van der Waals surface area contributed by atoms with E-state index in [4.69, 9.17) is 4.74 Å². The second-order valence-corrected chi connectivity index (χ2v) is 7.23. The summed E-state index contributed by atoms with van der Waals surface area (Å²) in [6.45, 7) is 2.65. The van der Waals surface area contributed by atoms with Crippen molar-refractivity contribution in [2.75, 3.05) is 26.7 Å². The number of ether oxygens (including phenoxy) is 1. The molecule has 150 valence electrons. The monoisotopic (exact) mass is 390 g/mol. The van der Waals surface area contributed by atoms with Gasteiger partial charge in [-0.15, -0.1) is 0 Å². The molecule has 0 spiro atoms. The third kappa shape index (κ3) is 4.32. The average molecular weight is 390 g/mol. The highest BCUT2D eigenvalue weighted by atomic mass is 16.5. The van der Waals surface area contributed by atoms with E-state index >= 15 is 0 Å². The van der Waals surface area contributed by atoms with Crippen LogP contribution in [0.5, 0.6) is 5.75 Å². The fourth-order valence-electron chi connectivity index (χ4n) is 3.87. The van der Waals surface area contributed by atoms with Crippen LogP contribution in [0.2, 0.25) is 0 Å². The lowest BCUT2D eigenvalue weighted by Crippen LogP contribution is -2.37. The predicted octanol–water partition coefficient (Wildman–Crippen LogP) is 3.45. The number of nitrogens with zero attached hydrogens (tertiary/aromatic N) is 3. The number of hydrogen-bond donors (Lipinski definition) is 1. The number of benzene rings is 2. The Morgan fingerprint density at radius 2 is 1.83 bits per heavy atom. The number of hydrogen-bond acceptors (Lipinski definition) is 4. The molecule has 1 aliphatic rings. The number of para-hydroxylation sites is 1. The van der Waals surface area contributed by atoms with Gasteiger partial charge in [-0.05, 0) is 55.8 Å². The molecule has 1 aliphatic heterocycles. The Labute approximate surface area is 171 Å². The van der Waals surface area contributed by atoms with Gasteiger partial charge in [-0.25, -0.2) is 4.98 Å². The molecule has 0 aliphatic carbocycles. The standard InChI is InChI=1S/C23H26N4O2/c1-29-20-11-9-18(10-12-20)21(26-13-5-6-14-26)16-25-23(28)22-15-24-17-27(22)19-7-3-2-4-8-19/h2-4,7-12,15,17,21H,5-6,13-14,16H2,1H3,(H,25,28). The van der Waals surface area contributed by atoms with Crippen LogP contribution < -0.4 is 10.1 Å². The van der Waals surface area contributed by atoms with Gasteiger partial charge in [0, 0.05) is 12.2 Å². The first kappa shape index (κ1) is 19.2. The molecule has 1 atom stereocenters. The van der Waals surface area contributed by atoms with Crippen molar-refractivity contribution in [1.82, 2.24) is 19.8 Å². The van der Waals surface area contributed by atoms with E-state index in [0.717, 1.165) is 24.5 Å². The van der Waals surface area contributed by atoms with Gasteiger partial charge in [0.1, 0.15) is 11.4 Å². The molecule has 1 saturated heterocycles. The van der Waals surface area contributed by atoms with E-state index in [0.29, 0.717) is 12.2 Å². The summed E-state index contributed by atoms with van der Waals surface area (Å²) in [5.74, 6) is 0.716. The minimum Gasteiger partial charge on any atom is -0.497 e. The van der Waals surface area contributed by atoms with Crippen LogP contribution in [0.4, 0.5) is 0 Å². The maximum atomic E-state index is 12.9. The topological polar surface area (TPSA) is 59.4 Å². The van der Waals surface area contributed by atoms with E-state index in [1.165, 1.54) is 18.4 Å². The normalized spacial score (nSPS) is 15.2. The first-order valence-electron chi connectivity index (χ1n) is 10.0. The van der Waals surface area contributed by atoms with Gasteiger partial charge in [0.15, 0.2) is 0 Å². The summed E-state index contributed by atoms with van der Waals surface area (Å²) in [4.78, 5) is 19.6. The number of nitrogens with one attached hydrogen (secondary N) is 1. The Hall–Kier alpha value is -3.12. The van der Waals surface area contributed by atoms with Crippen LogP contribution >= 0.6 is 0 Å². The molecular formula is C23H26N4O2. The number of imidazole rings is 1. The van der Waals surface area contributed by atoms with Gasteiger partial charge in [-0.1, -0.05) is 30.3 Å². The number of aromatic nitrogens is 2. The summed E-state index contributed by atoms with van der Waals surface area (Å²) >= 11 is 0. The van der Waals surface area contributed by atoms with Crippen LogP contribution in [0.25, 0.3) is 5.69 Å². The minimum atomic E-state index is -0.121. The van der Waals surface area contributed by atoms with Crippen molar-refractivity contribution < 1.29 is 9.53 Å². The average Bonchev–Trinajstić information content (AvgIpc) is 3.47. The molecule has 2 aromatic carbocycles. The molecule has 29 heavy (non-hydrogen) atoms. The Morgan fingerprint density at radius 3 is 2.52 bits per heavy atom. The van der Waals surface area contributed by atoms with Crippen molar-refractivity contribution >= 4 is 5.91 Å². The van der Waals surface area contributed by atoms with Crippen LogP contribution in [0.15, 0.2) is 67.1 Å². The lowest BCUT2D eigenvalue weighted by atomic mass is 10.1. The predicted molar refractivity (Wildman–Crippen MR) is 112 cm³/mol.